The average molecular weight is 280 g/mol. The maximum absolute atomic E-state index is 12.0. The van der Waals surface area contributed by atoms with Crippen LogP contribution in [0.1, 0.15) is 65.7 Å². The van der Waals surface area contributed by atoms with Crippen LogP contribution < -0.4 is 5.32 Å². The second-order valence-corrected chi connectivity index (χ2v) is 7.14. The van der Waals surface area contributed by atoms with E-state index in [1.165, 1.54) is 51.5 Å². The summed E-state index contributed by atoms with van der Waals surface area (Å²) in [6, 6.07) is 1.16. The van der Waals surface area contributed by atoms with Crippen molar-refractivity contribution < 1.29 is 4.79 Å². The first-order valence-electron chi connectivity index (χ1n) is 8.64. The van der Waals surface area contributed by atoms with Gasteiger partial charge < -0.3 is 5.32 Å². The van der Waals surface area contributed by atoms with Crippen LogP contribution in [0.4, 0.5) is 0 Å². The van der Waals surface area contributed by atoms with Crippen LogP contribution in [-0.2, 0) is 4.79 Å². The highest BCUT2D eigenvalue weighted by Crippen LogP contribution is 2.29. The molecule has 0 radical (unpaired) electrons. The average Bonchev–Trinajstić information content (AvgIpc) is 2.92. The van der Waals surface area contributed by atoms with Crippen molar-refractivity contribution in [1.29, 1.82) is 0 Å². The van der Waals surface area contributed by atoms with Gasteiger partial charge in [0.25, 0.3) is 0 Å². The molecule has 0 aromatic carbocycles. The molecule has 1 amide bonds. The van der Waals surface area contributed by atoms with E-state index in [1.54, 1.807) is 0 Å². The van der Waals surface area contributed by atoms with Crippen molar-refractivity contribution in [3.63, 3.8) is 0 Å². The van der Waals surface area contributed by atoms with Crippen LogP contribution in [0.2, 0.25) is 0 Å². The van der Waals surface area contributed by atoms with Gasteiger partial charge in [-0.2, -0.15) is 0 Å². The van der Waals surface area contributed by atoms with E-state index in [-0.39, 0.29) is 11.8 Å². The van der Waals surface area contributed by atoms with Gasteiger partial charge in [-0.3, -0.25) is 9.69 Å². The van der Waals surface area contributed by atoms with Crippen LogP contribution >= 0.6 is 0 Å². The van der Waals surface area contributed by atoms with E-state index in [0.29, 0.717) is 6.04 Å². The van der Waals surface area contributed by atoms with E-state index in [4.69, 9.17) is 0 Å². The van der Waals surface area contributed by atoms with Gasteiger partial charge in [-0.1, -0.05) is 40.0 Å². The lowest BCUT2D eigenvalue weighted by Crippen LogP contribution is -2.53. The summed E-state index contributed by atoms with van der Waals surface area (Å²) in [4.78, 5) is 14.7. The minimum Gasteiger partial charge on any atom is -0.352 e. The van der Waals surface area contributed by atoms with Crippen LogP contribution in [0.15, 0.2) is 0 Å². The Morgan fingerprint density at radius 1 is 1.25 bits per heavy atom. The van der Waals surface area contributed by atoms with Gasteiger partial charge in [-0.05, 0) is 31.6 Å². The van der Waals surface area contributed by atoms with Gasteiger partial charge in [0.15, 0.2) is 0 Å². The van der Waals surface area contributed by atoms with Crippen LogP contribution in [0.3, 0.4) is 0 Å². The summed E-state index contributed by atoms with van der Waals surface area (Å²) in [5.41, 5.74) is 0. The highest BCUT2D eigenvalue weighted by molar-refractivity contribution is 5.78. The first-order valence-corrected chi connectivity index (χ1v) is 8.64. The summed E-state index contributed by atoms with van der Waals surface area (Å²) in [7, 11) is 0. The van der Waals surface area contributed by atoms with Gasteiger partial charge >= 0.3 is 0 Å². The second kappa shape index (κ2) is 7.44. The molecule has 2 fully saturated rings. The minimum atomic E-state index is 0.0986. The summed E-state index contributed by atoms with van der Waals surface area (Å²) in [5, 5.41) is 3.28. The smallest absolute Gasteiger partial charge is 0.222 e. The number of nitrogens with one attached hydrogen (secondary N) is 1. The van der Waals surface area contributed by atoms with Crippen LogP contribution in [0, 0.1) is 11.8 Å². The Kier molecular flexibility index (Phi) is 5.88. The fourth-order valence-electron chi connectivity index (χ4n) is 3.90. The van der Waals surface area contributed by atoms with Gasteiger partial charge in [-0.25, -0.2) is 0 Å². The highest BCUT2D eigenvalue weighted by atomic mass is 16.1. The van der Waals surface area contributed by atoms with Gasteiger partial charge in [0.1, 0.15) is 0 Å². The Bertz CT molecular complexity index is 310. The fraction of sp³-hybridized carbons (Fsp3) is 0.941. The third kappa shape index (κ3) is 4.21. The molecule has 0 aromatic rings. The molecule has 1 aliphatic heterocycles. The maximum atomic E-state index is 12.0. The van der Waals surface area contributed by atoms with E-state index in [1.807, 2.05) is 13.8 Å². The largest absolute Gasteiger partial charge is 0.352 e. The SMILES string of the molecule is CCCC1CC(NC(=O)C(C)C)CN(C2CCCC2)C1. The van der Waals surface area contributed by atoms with Crippen molar-refractivity contribution in [3.8, 4) is 0 Å². The van der Waals surface area contributed by atoms with E-state index in [0.717, 1.165) is 18.5 Å². The molecule has 0 bridgehead atoms. The number of piperidine rings is 1. The van der Waals surface area contributed by atoms with Crippen molar-refractivity contribution in [2.24, 2.45) is 11.8 Å². The second-order valence-electron chi connectivity index (χ2n) is 7.14. The Morgan fingerprint density at radius 2 is 1.95 bits per heavy atom. The zero-order chi connectivity index (χ0) is 14.5. The van der Waals surface area contributed by atoms with E-state index < -0.39 is 0 Å². The lowest BCUT2D eigenvalue weighted by molar-refractivity contribution is -0.125. The zero-order valence-corrected chi connectivity index (χ0v) is 13.5. The van der Waals surface area contributed by atoms with Crippen LogP contribution in [0.5, 0.6) is 0 Å². The Hall–Kier alpha value is -0.570. The molecule has 2 aliphatic rings. The molecule has 1 N–H and O–H groups in total. The number of carbonyl (C=O) groups excluding carboxylic acids is 1. The molecule has 1 aliphatic carbocycles. The minimum absolute atomic E-state index is 0.0986. The molecule has 2 unspecified atom stereocenters. The molecule has 1 saturated carbocycles. The number of likely N-dealkylation sites (tertiary alicyclic amines) is 1. The predicted octanol–water partition coefficient (Wildman–Crippen LogP) is 3.19. The first-order chi connectivity index (χ1) is 9.60. The summed E-state index contributed by atoms with van der Waals surface area (Å²) < 4.78 is 0. The van der Waals surface area contributed by atoms with Crippen molar-refractivity contribution >= 4 is 5.91 Å². The topological polar surface area (TPSA) is 32.3 Å². The van der Waals surface area contributed by atoms with Crippen LogP contribution in [-0.4, -0.2) is 36.0 Å². The maximum Gasteiger partial charge on any atom is 0.222 e. The summed E-state index contributed by atoms with van der Waals surface area (Å²) >= 11 is 0. The van der Waals surface area contributed by atoms with Crippen molar-refractivity contribution in [3.05, 3.63) is 0 Å². The normalized spacial score (nSPS) is 29.0. The number of hydrogen-bond donors (Lipinski definition) is 1. The third-order valence-electron chi connectivity index (χ3n) is 4.97. The lowest BCUT2D eigenvalue weighted by Gasteiger charge is -2.41. The van der Waals surface area contributed by atoms with E-state index >= 15 is 0 Å². The van der Waals surface area contributed by atoms with Gasteiger partial charge in [0.2, 0.25) is 5.91 Å². The Balaban J connectivity index is 1.94. The molecule has 0 spiro atoms. The van der Waals surface area contributed by atoms with Crippen molar-refractivity contribution in [2.45, 2.75) is 77.8 Å². The Morgan fingerprint density at radius 3 is 2.55 bits per heavy atom. The molecule has 2 rings (SSSR count). The van der Waals surface area contributed by atoms with Crippen LogP contribution in [0.25, 0.3) is 0 Å². The summed E-state index contributed by atoms with van der Waals surface area (Å²) in [5.74, 6) is 1.09. The molecular formula is C17H32N2O. The zero-order valence-electron chi connectivity index (χ0n) is 13.5. The molecule has 1 saturated heterocycles. The number of hydrogen-bond acceptors (Lipinski definition) is 2. The highest BCUT2D eigenvalue weighted by Gasteiger charge is 2.32. The van der Waals surface area contributed by atoms with Crippen molar-refractivity contribution in [1.82, 2.24) is 10.2 Å². The number of nitrogens with zero attached hydrogens (tertiary/aromatic N) is 1. The monoisotopic (exact) mass is 280 g/mol. The van der Waals surface area contributed by atoms with Gasteiger partial charge in [0.05, 0.1) is 0 Å². The molecule has 1 heterocycles. The lowest BCUT2D eigenvalue weighted by atomic mass is 9.89. The van der Waals surface area contributed by atoms with Gasteiger partial charge in [-0.15, -0.1) is 0 Å². The molecular weight excluding hydrogens is 248 g/mol. The molecule has 0 aromatic heterocycles. The summed E-state index contributed by atoms with van der Waals surface area (Å²) in [6.45, 7) is 8.57. The van der Waals surface area contributed by atoms with Gasteiger partial charge in [0, 0.05) is 31.1 Å². The molecule has 20 heavy (non-hydrogen) atoms. The number of rotatable bonds is 5. The molecule has 3 heteroatoms. The quantitative estimate of drug-likeness (QED) is 0.839. The molecule has 2 atom stereocenters. The Labute approximate surface area is 124 Å². The number of carbonyl (C=O) groups is 1. The molecule has 3 nitrogen and oxygen atoms in total. The fourth-order valence-corrected chi connectivity index (χ4v) is 3.90. The van der Waals surface area contributed by atoms with E-state index in [9.17, 15) is 4.79 Å². The third-order valence-corrected chi connectivity index (χ3v) is 4.97. The first kappa shape index (κ1) is 15.8. The predicted molar refractivity (Wildman–Crippen MR) is 83.6 cm³/mol. The van der Waals surface area contributed by atoms with Crippen molar-refractivity contribution in [2.75, 3.05) is 13.1 Å². The summed E-state index contributed by atoms with van der Waals surface area (Å²) in [6.07, 6.45) is 9.25. The standard InChI is InChI=1S/C17H32N2O/c1-4-7-14-10-15(18-17(20)13(2)3)12-19(11-14)16-8-5-6-9-16/h13-16H,4-12H2,1-3H3,(H,18,20). The number of amides is 1. The van der Waals surface area contributed by atoms with E-state index in [2.05, 4.69) is 17.1 Å². The molecule has 116 valence electrons.